The molecule has 1 aromatic rings. The number of hydrogen-bond donors (Lipinski definition) is 3. The van der Waals surface area contributed by atoms with Crippen molar-refractivity contribution in [3.05, 3.63) is 35.9 Å². The molecule has 8 nitrogen and oxygen atoms in total. The summed E-state index contributed by atoms with van der Waals surface area (Å²) in [5.74, 6) is -0.385. The molecule has 1 aromatic carbocycles. The Labute approximate surface area is 171 Å². The van der Waals surface area contributed by atoms with E-state index in [0.29, 0.717) is 25.9 Å². The molecule has 2 amide bonds. The van der Waals surface area contributed by atoms with Gasteiger partial charge in [0.1, 0.15) is 5.54 Å². The molecule has 1 aliphatic rings. The molecule has 0 spiro atoms. The molecule has 3 atom stereocenters. The second-order valence-corrected chi connectivity index (χ2v) is 8.00. The quantitative estimate of drug-likeness (QED) is 0.606. The highest BCUT2D eigenvalue weighted by Crippen LogP contribution is 2.26. The Hall–Kier alpha value is -2.63. The molecule has 0 aromatic heterocycles. The number of rotatable bonds is 8. The summed E-state index contributed by atoms with van der Waals surface area (Å²) in [5.41, 5.74) is -0.194. The van der Waals surface area contributed by atoms with Gasteiger partial charge in [-0.25, -0.2) is 4.79 Å². The summed E-state index contributed by atoms with van der Waals surface area (Å²) in [6.45, 7) is 4.35. The molecule has 0 radical (unpaired) electrons. The van der Waals surface area contributed by atoms with Gasteiger partial charge in [-0.3, -0.25) is 9.69 Å². The zero-order chi connectivity index (χ0) is 21.4. The lowest BCUT2D eigenvalue weighted by atomic mass is 9.96. The van der Waals surface area contributed by atoms with Crippen LogP contribution in [0.3, 0.4) is 0 Å². The van der Waals surface area contributed by atoms with Crippen molar-refractivity contribution in [1.29, 1.82) is 5.26 Å². The Bertz CT molecular complexity index is 734. The Balaban J connectivity index is 2.00. The van der Waals surface area contributed by atoms with E-state index in [1.165, 1.54) is 0 Å². The van der Waals surface area contributed by atoms with Crippen LogP contribution in [0.25, 0.3) is 0 Å². The Morgan fingerprint density at radius 1 is 1.38 bits per heavy atom. The first kappa shape index (κ1) is 22.7. The van der Waals surface area contributed by atoms with Crippen LogP contribution in [-0.4, -0.2) is 59.9 Å². The molecule has 8 heteroatoms. The molecular formula is C21H30N4O4. The van der Waals surface area contributed by atoms with E-state index in [1.54, 1.807) is 7.05 Å². The molecule has 0 aliphatic carbocycles. The Morgan fingerprint density at radius 3 is 2.62 bits per heavy atom. The van der Waals surface area contributed by atoms with Gasteiger partial charge in [0.25, 0.3) is 5.91 Å². The van der Waals surface area contributed by atoms with Crippen molar-refractivity contribution < 1.29 is 19.4 Å². The van der Waals surface area contributed by atoms with Gasteiger partial charge in [-0.1, -0.05) is 44.2 Å². The van der Waals surface area contributed by atoms with Gasteiger partial charge < -0.3 is 20.5 Å². The smallest absolute Gasteiger partial charge is 0.408 e. The van der Waals surface area contributed by atoms with E-state index in [-0.39, 0.29) is 18.6 Å². The highest BCUT2D eigenvalue weighted by Gasteiger charge is 2.45. The number of hydrogen-bond acceptors (Lipinski definition) is 6. The van der Waals surface area contributed by atoms with Gasteiger partial charge in [-0.2, -0.15) is 5.26 Å². The minimum Gasteiger partial charge on any atom is -0.436 e. The summed E-state index contributed by atoms with van der Waals surface area (Å²) in [6, 6.07) is 11.4. The monoisotopic (exact) mass is 402 g/mol. The molecule has 3 unspecified atom stereocenters. The lowest BCUT2D eigenvalue weighted by Gasteiger charge is -2.26. The Morgan fingerprint density at radius 2 is 2.07 bits per heavy atom. The third kappa shape index (κ3) is 6.44. The van der Waals surface area contributed by atoms with E-state index in [1.807, 2.05) is 49.1 Å². The second kappa shape index (κ2) is 10.2. The van der Waals surface area contributed by atoms with Crippen LogP contribution in [0.1, 0.15) is 32.3 Å². The molecule has 2 rings (SSSR count). The standard InChI is InChI=1S/C21H30N4O4/c1-15(2)9-18(29-20(28)23-11-16-7-5-4-6-8-16)19(27)24-21(13-22)10-17(12-26)25(3)14-21/h4-8,15,17-18,26H,9-12,14H2,1-3H3,(H,23,28)(H,24,27). The minimum atomic E-state index is -1.11. The first-order valence-electron chi connectivity index (χ1n) is 9.81. The average Bonchev–Trinajstić information content (AvgIpc) is 3.02. The number of carbonyl (C=O) groups is 2. The fraction of sp³-hybridized carbons (Fsp3) is 0.571. The topological polar surface area (TPSA) is 115 Å². The van der Waals surface area contributed by atoms with Gasteiger partial charge in [-0.15, -0.1) is 0 Å². The summed E-state index contributed by atoms with van der Waals surface area (Å²) in [4.78, 5) is 26.9. The van der Waals surface area contributed by atoms with Crippen molar-refractivity contribution >= 4 is 12.0 Å². The van der Waals surface area contributed by atoms with Crippen molar-refractivity contribution in [3.63, 3.8) is 0 Å². The SMILES string of the molecule is CC(C)CC(OC(=O)NCc1ccccc1)C(=O)NC1(C#N)CC(CO)N(C)C1. The van der Waals surface area contributed by atoms with Crippen LogP contribution in [-0.2, 0) is 16.1 Å². The van der Waals surface area contributed by atoms with E-state index in [0.717, 1.165) is 5.56 Å². The van der Waals surface area contributed by atoms with Gasteiger partial charge in [0, 0.05) is 25.6 Å². The predicted molar refractivity (Wildman–Crippen MR) is 108 cm³/mol. The third-order valence-corrected chi connectivity index (χ3v) is 5.02. The van der Waals surface area contributed by atoms with Crippen LogP contribution in [0, 0.1) is 17.2 Å². The second-order valence-electron chi connectivity index (χ2n) is 8.00. The summed E-state index contributed by atoms with van der Waals surface area (Å²) < 4.78 is 5.39. The number of carbonyl (C=O) groups excluding carboxylic acids is 2. The van der Waals surface area contributed by atoms with E-state index in [4.69, 9.17) is 4.74 Å². The van der Waals surface area contributed by atoms with Crippen LogP contribution >= 0.6 is 0 Å². The number of aliphatic hydroxyl groups is 1. The van der Waals surface area contributed by atoms with Crippen molar-refractivity contribution in [2.24, 2.45) is 5.92 Å². The van der Waals surface area contributed by atoms with Crippen LogP contribution < -0.4 is 10.6 Å². The molecule has 29 heavy (non-hydrogen) atoms. The number of aliphatic hydroxyl groups excluding tert-OH is 1. The van der Waals surface area contributed by atoms with Crippen molar-refractivity contribution in [1.82, 2.24) is 15.5 Å². The highest BCUT2D eigenvalue weighted by molar-refractivity contribution is 5.84. The number of nitrogens with zero attached hydrogens (tertiary/aromatic N) is 2. The molecule has 1 saturated heterocycles. The van der Waals surface area contributed by atoms with Crippen molar-refractivity contribution in [3.8, 4) is 6.07 Å². The third-order valence-electron chi connectivity index (χ3n) is 5.02. The predicted octanol–water partition coefficient (Wildman–Crippen LogP) is 1.40. The molecule has 1 fully saturated rings. The Kier molecular flexibility index (Phi) is 8.00. The molecule has 0 saturated carbocycles. The van der Waals surface area contributed by atoms with Crippen molar-refractivity contribution in [2.45, 2.75) is 50.9 Å². The number of nitriles is 1. The zero-order valence-corrected chi connectivity index (χ0v) is 17.2. The summed E-state index contributed by atoms with van der Waals surface area (Å²) in [5, 5.41) is 24.5. The first-order chi connectivity index (χ1) is 13.8. The number of ether oxygens (including phenoxy) is 1. The maximum absolute atomic E-state index is 12.9. The van der Waals surface area contributed by atoms with E-state index in [9.17, 15) is 20.0 Å². The van der Waals surface area contributed by atoms with Crippen LogP contribution in [0.2, 0.25) is 0 Å². The highest BCUT2D eigenvalue weighted by atomic mass is 16.6. The van der Waals surface area contributed by atoms with Gasteiger partial charge >= 0.3 is 6.09 Å². The minimum absolute atomic E-state index is 0.0936. The van der Waals surface area contributed by atoms with E-state index < -0.39 is 23.6 Å². The number of benzene rings is 1. The lowest BCUT2D eigenvalue weighted by molar-refractivity contribution is -0.131. The molecular weight excluding hydrogens is 372 g/mol. The normalized spacial score (nSPS) is 22.7. The number of alkyl carbamates (subject to hydrolysis) is 1. The van der Waals surface area contributed by atoms with Crippen LogP contribution in [0.4, 0.5) is 4.79 Å². The van der Waals surface area contributed by atoms with Crippen LogP contribution in [0.5, 0.6) is 0 Å². The number of amides is 2. The average molecular weight is 402 g/mol. The fourth-order valence-corrected chi connectivity index (χ4v) is 3.48. The number of nitrogens with one attached hydrogen (secondary N) is 2. The molecule has 0 bridgehead atoms. The van der Waals surface area contributed by atoms with Crippen molar-refractivity contribution in [2.75, 3.05) is 20.2 Å². The molecule has 158 valence electrons. The molecule has 3 N–H and O–H groups in total. The summed E-state index contributed by atoms with van der Waals surface area (Å²) in [7, 11) is 1.80. The molecule has 1 aliphatic heterocycles. The lowest BCUT2D eigenvalue weighted by Crippen LogP contribution is -2.53. The van der Waals surface area contributed by atoms with Gasteiger partial charge in [-0.05, 0) is 24.9 Å². The maximum atomic E-state index is 12.9. The summed E-state index contributed by atoms with van der Waals surface area (Å²) >= 11 is 0. The van der Waals surface area contributed by atoms with Gasteiger partial charge in [0.05, 0.1) is 12.7 Å². The number of likely N-dealkylation sites (N-methyl/N-ethyl adjacent to an activating group) is 1. The summed E-state index contributed by atoms with van der Waals surface area (Å²) in [6.07, 6.45) is -1.03. The van der Waals surface area contributed by atoms with E-state index >= 15 is 0 Å². The van der Waals surface area contributed by atoms with E-state index in [2.05, 4.69) is 16.7 Å². The molecule has 1 heterocycles. The van der Waals surface area contributed by atoms with Gasteiger partial charge in [0.2, 0.25) is 0 Å². The zero-order valence-electron chi connectivity index (χ0n) is 17.2. The van der Waals surface area contributed by atoms with Gasteiger partial charge in [0.15, 0.2) is 6.10 Å². The van der Waals surface area contributed by atoms with Crippen LogP contribution in [0.15, 0.2) is 30.3 Å². The first-order valence-corrected chi connectivity index (χ1v) is 9.81. The largest absolute Gasteiger partial charge is 0.436 e. The number of likely N-dealkylation sites (tertiary alicyclic amines) is 1. The fourth-order valence-electron chi connectivity index (χ4n) is 3.48. The maximum Gasteiger partial charge on any atom is 0.408 e.